The van der Waals surface area contributed by atoms with Crippen LogP contribution < -0.4 is 21.3 Å². The number of ketones is 1. The molecule has 1 aliphatic heterocycles. The predicted octanol–water partition coefficient (Wildman–Crippen LogP) is 1.29. The van der Waals surface area contributed by atoms with Gasteiger partial charge in [0.25, 0.3) is 5.91 Å². The summed E-state index contributed by atoms with van der Waals surface area (Å²) in [6.07, 6.45) is 0.916. The minimum atomic E-state index is -1.32. The van der Waals surface area contributed by atoms with Gasteiger partial charge in [0.1, 0.15) is 12.1 Å². The van der Waals surface area contributed by atoms with Crippen molar-refractivity contribution in [3.63, 3.8) is 0 Å². The number of halogens is 1. The van der Waals surface area contributed by atoms with Gasteiger partial charge in [-0.1, -0.05) is 24.3 Å². The summed E-state index contributed by atoms with van der Waals surface area (Å²) in [4.78, 5) is 142. The third-order valence-corrected chi connectivity index (χ3v) is 13.7. The number of hydrogen-bond acceptors (Lipinski definition) is 15. The van der Waals surface area contributed by atoms with Gasteiger partial charge in [0.05, 0.1) is 25.7 Å². The second kappa shape index (κ2) is 35.6. The van der Waals surface area contributed by atoms with Crippen LogP contribution in [0.1, 0.15) is 92.6 Å². The number of carboxylic acid groups (broad SMARTS) is 6. The van der Waals surface area contributed by atoms with Crippen LogP contribution in [-0.4, -0.2) is 224 Å². The molecule has 0 aromatic heterocycles. The molecule has 0 saturated carbocycles. The molecule has 1 aliphatic rings. The number of amides is 5. The van der Waals surface area contributed by atoms with Crippen LogP contribution in [0.3, 0.4) is 0 Å². The third-order valence-electron chi connectivity index (χ3n) is 13.0. The fraction of sp³-hybridized carbons (Fsp3) is 0.558. The Morgan fingerprint density at radius 2 is 1.06 bits per heavy atom. The number of carbonyl (C=O) groups excluding carboxylic acids is 5. The van der Waals surface area contributed by atoms with Crippen molar-refractivity contribution in [2.75, 3.05) is 85.1 Å². The lowest BCUT2D eigenvalue weighted by molar-refractivity contribution is -0.145. The average molecular weight is 1220 g/mol. The first-order valence-corrected chi connectivity index (χ1v) is 27.0. The molecular formula is C52H74IN9O17. The lowest BCUT2D eigenvalue weighted by Gasteiger charge is -2.35. The van der Waals surface area contributed by atoms with Gasteiger partial charge in [0.15, 0.2) is 5.78 Å². The van der Waals surface area contributed by atoms with Crippen LogP contribution in [-0.2, 0) is 56.2 Å². The third kappa shape index (κ3) is 27.6. The largest absolute Gasteiger partial charge is 0.481 e. The van der Waals surface area contributed by atoms with Crippen LogP contribution in [0.25, 0.3) is 0 Å². The lowest BCUT2D eigenvalue weighted by Crippen LogP contribution is -2.52. The van der Waals surface area contributed by atoms with E-state index in [9.17, 15) is 78.3 Å². The first kappa shape index (κ1) is 66.5. The Morgan fingerprint density at radius 1 is 0.544 bits per heavy atom. The van der Waals surface area contributed by atoms with Crippen LogP contribution in [0.4, 0.5) is 4.79 Å². The van der Waals surface area contributed by atoms with Gasteiger partial charge >= 0.3 is 41.8 Å². The topological polar surface area (TPSA) is 373 Å². The summed E-state index contributed by atoms with van der Waals surface area (Å²) in [6.45, 7) is 2.07. The monoisotopic (exact) mass is 1220 g/mol. The van der Waals surface area contributed by atoms with Crippen molar-refractivity contribution >= 4 is 87.9 Å². The van der Waals surface area contributed by atoms with Gasteiger partial charge in [0.2, 0.25) is 11.8 Å². The molecule has 79 heavy (non-hydrogen) atoms. The van der Waals surface area contributed by atoms with Crippen molar-refractivity contribution in [1.82, 2.24) is 45.8 Å². The maximum absolute atomic E-state index is 13.9. The van der Waals surface area contributed by atoms with Gasteiger partial charge in [-0.3, -0.25) is 62.8 Å². The number of nitrogens with zero attached hydrogens (tertiary/aromatic N) is 5. The van der Waals surface area contributed by atoms with Crippen molar-refractivity contribution in [1.29, 1.82) is 0 Å². The summed E-state index contributed by atoms with van der Waals surface area (Å²) < 4.78 is 1.00. The number of carboxylic acids is 6. The van der Waals surface area contributed by atoms with Gasteiger partial charge in [0, 0.05) is 107 Å². The molecule has 10 N–H and O–H groups in total. The second-order valence-electron chi connectivity index (χ2n) is 19.2. The van der Waals surface area contributed by atoms with Crippen LogP contribution in [0.15, 0.2) is 48.5 Å². The molecule has 0 spiro atoms. The van der Waals surface area contributed by atoms with E-state index in [1.807, 2.05) is 24.3 Å². The number of hydrogen-bond donors (Lipinski definition) is 10. The molecule has 2 aromatic carbocycles. The number of urea groups is 1. The van der Waals surface area contributed by atoms with Crippen molar-refractivity contribution < 1.29 is 83.4 Å². The number of rotatable bonds is 33. The fourth-order valence-electron chi connectivity index (χ4n) is 8.58. The molecule has 1 heterocycles. The fourth-order valence-corrected chi connectivity index (χ4v) is 8.94. The van der Waals surface area contributed by atoms with E-state index in [1.54, 1.807) is 48.8 Å². The molecule has 27 heteroatoms. The van der Waals surface area contributed by atoms with Crippen LogP contribution in [0, 0.1) is 3.57 Å². The minimum Gasteiger partial charge on any atom is -0.481 e. The summed E-state index contributed by atoms with van der Waals surface area (Å²) in [7, 11) is 0. The molecule has 3 rings (SSSR count). The Morgan fingerprint density at radius 3 is 1.57 bits per heavy atom. The van der Waals surface area contributed by atoms with E-state index in [1.165, 1.54) is 6.92 Å². The number of unbranched alkanes of at least 4 members (excludes halogenated alkanes) is 2. The molecule has 1 saturated heterocycles. The Labute approximate surface area is 471 Å². The highest BCUT2D eigenvalue weighted by Gasteiger charge is 2.29. The molecule has 1 fully saturated rings. The molecule has 1 unspecified atom stereocenters. The number of nitrogens with one attached hydrogen (secondary N) is 4. The predicted molar refractivity (Wildman–Crippen MR) is 292 cm³/mol. The summed E-state index contributed by atoms with van der Waals surface area (Å²) in [5, 5.41) is 67.7. The zero-order valence-electron chi connectivity index (χ0n) is 44.3. The summed E-state index contributed by atoms with van der Waals surface area (Å²) in [5.74, 6) is -8.44. The smallest absolute Gasteiger partial charge is 0.326 e. The maximum atomic E-state index is 13.9. The van der Waals surface area contributed by atoms with E-state index in [0.29, 0.717) is 31.2 Å². The highest BCUT2D eigenvalue weighted by atomic mass is 127. The van der Waals surface area contributed by atoms with Crippen LogP contribution >= 0.6 is 22.6 Å². The van der Waals surface area contributed by atoms with E-state index in [-0.39, 0.29) is 149 Å². The van der Waals surface area contributed by atoms with E-state index in [4.69, 9.17) is 5.11 Å². The van der Waals surface area contributed by atoms with E-state index in [0.717, 1.165) is 14.7 Å². The molecule has 0 aliphatic carbocycles. The van der Waals surface area contributed by atoms with Crippen molar-refractivity contribution in [3.05, 3.63) is 68.8 Å². The first-order valence-electron chi connectivity index (χ1n) is 26.0. The molecular weight excluding hydrogens is 1150 g/mol. The lowest BCUT2D eigenvalue weighted by atomic mass is 10.1. The molecule has 5 amide bonds. The van der Waals surface area contributed by atoms with E-state index < -0.39 is 71.7 Å². The standard InChI is InChI=1S/C52H74IN9O17/c1-35(63)40(16-19-45(66)67)56-52(79)57-41(50(75)76)6-3-5-21-62(31-37-10-14-39(53)15-11-37)49(74)38-12-8-36(9-13-38)30-55-43(64)7-2-4-20-54-44(65)18-17-42(51(77)78)61-28-26-59(33-47(70)71)24-22-58(32-46(68)69)23-25-60(27-29-61)34-48(72)73/h8-15,40-42H,2-7,16-34H2,1H3,(H,54,65)(H,55,64)(H,66,67)(H,68,69)(H,70,71)(H,72,73)(H,75,76)(H,77,78)(H2,56,57,79)/t40-,41-,42?/m1/s1. The Bertz CT molecular complexity index is 2350. The molecule has 2 aromatic rings. The van der Waals surface area contributed by atoms with E-state index in [2.05, 4.69) is 43.9 Å². The Hall–Kier alpha value is -6.82. The Balaban J connectivity index is 1.49. The van der Waals surface area contributed by atoms with Crippen molar-refractivity contribution in [2.24, 2.45) is 0 Å². The molecule has 0 bridgehead atoms. The Kier molecular flexibility index (Phi) is 30.0. The van der Waals surface area contributed by atoms with Crippen molar-refractivity contribution in [2.45, 2.75) is 102 Å². The maximum Gasteiger partial charge on any atom is 0.326 e. The SMILES string of the molecule is CC(=O)[C@@H](CCC(=O)O)NC(=O)N[C@H](CCCCN(Cc1ccc(I)cc1)C(=O)c1ccc(CNC(=O)CCCCNC(=O)CCC(C(=O)O)N2CCN(CC(=O)O)CCN(CC(=O)O)CCN(CC(=O)O)CC2)cc1)C(=O)O. The highest BCUT2D eigenvalue weighted by Crippen LogP contribution is 2.17. The summed E-state index contributed by atoms with van der Waals surface area (Å²) in [6, 6.07) is 9.82. The first-order chi connectivity index (χ1) is 37.5. The van der Waals surface area contributed by atoms with Gasteiger partial charge < -0.3 is 56.8 Å². The van der Waals surface area contributed by atoms with E-state index >= 15 is 0 Å². The number of carbonyl (C=O) groups is 11. The van der Waals surface area contributed by atoms with Crippen LogP contribution in [0.5, 0.6) is 0 Å². The van der Waals surface area contributed by atoms with Gasteiger partial charge in [-0.2, -0.15) is 0 Å². The number of aliphatic carboxylic acids is 6. The summed E-state index contributed by atoms with van der Waals surface area (Å²) in [5.41, 5.74) is 1.96. The minimum absolute atomic E-state index is 0.00618. The molecule has 0 radical (unpaired) electrons. The zero-order chi connectivity index (χ0) is 58.4. The van der Waals surface area contributed by atoms with Gasteiger partial charge in [-0.05, 0) is 110 Å². The number of Topliss-reactive ketones (excluding diaryl/α,β-unsaturated/α-hetero) is 1. The normalized spacial score (nSPS) is 15.2. The van der Waals surface area contributed by atoms with Crippen molar-refractivity contribution in [3.8, 4) is 0 Å². The van der Waals surface area contributed by atoms with Crippen LogP contribution in [0.2, 0.25) is 0 Å². The van der Waals surface area contributed by atoms with Gasteiger partial charge in [-0.15, -0.1) is 0 Å². The quantitative estimate of drug-likeness (QED) is 0.0355. The van der Waals surface area contributed by atoms with Gasteiger partial charge in [-0.25, -0.2) is 9.59 Å². The molecule has 436 valence electrons. The number of benzene rings is 2. The molecule has 3 atom stereocenters. The molecule has 26 nitrogen and oxygen atoms in total. The highest BCUT2D eigenvalue weighted by molar-refractivity contribution is 14.1. The summed E-state index contributed by atoms with van der Waals surface area (Å²) >= 11 is 2.17. The zero-order valence-corrected chi connectivity index (χ0v) is 46.5. The second-order valence-corrected chi connectivity index (χ2v) is 20.4. The average Bonchev–Trinajstić information content (AvgIpc) is 3.38.